The van der Waals surface area contributed by atoms with Gasteiger partial charge in [-0.15, -0.1) is 0 Å². The molecule has 0 bridgehead atoms. The normalized spacial score (nSPS) is 9.67. The molecule has 0 aliphatic carbocycles. The molecule has 1 N–H and O–H groups in total. The fraction of sp³-hybridized carbons (Fsp3) is 0.143. The van der Waals surface area contributed by atoms with Crippen LogP contribution in [0.25, 0.3) is 11.0 Å². The van der Waals surface area contributed by atoms with Crippen molar-refractivity contribution >= 4 is 22.4 Å². The number of anilines is 1. The van der Waals surface area contributed by atoms with Crippen molar-refractivity contribution in [3.63, 3.8) is 0 Å². The van der Waals surface area contributed by atoms with Gasteiger partial charge in [-0.2, -0.15) is 15.6 Å². The van der Waals surface area contributed by atoms with Crippen molar-refractivity contribution in [3.8, 4) is 12.1 Å². The molecule has 1 aromatic heterocycles. The molecule has 7 heteroatoms. The van der Waals surface area contributed by atoms with E-state index in [4.69, 9.17) is 19.7 Å². The van der Waals surface area contributed by atoms with Crippen LogP contribution in [0.4, 0.5) is 5.69 Å². The minimum atomic E-state index is -0.482. The van der Waals surface area contributed by atoms with Crippen LogP contribution in [0.5, 0.6) is 0 Å². The first-order chi connectivity index (χ1) is 10.2. The van der Waals surface area contributed by atoms with E-state index in [2.05, 4.69) is 10.5 Å². The van der Waals surface area contributed by atoms with Crippen LogP contribution >= 0.6 is 0 Å². The third kappa shape index (κ3) is 3.24. The van der Waals surface area contributed by atoms with E-state index in [1.807, 2.05) is 0 Å². The third-order valence-corrected chi connectivity index (χ3v) is 2.64. The summed E-state index contributed by atoms with van der Waals surface area (Å²) < 4.78 is 10.2. The second-order valence-electron chi connectivity index (χ2n) is 4.03. The maximum Gasteiger partial charge on any atom is 0.336 e. The summed E-state index contributed by atoms with van der Waals surface area (Å²) in [4.78, 5) is 11.5. The van der Waals surface area contributed by atoms with Gasteiger partial charge < -0.3 is 9.15 Å². The van der Waals surface area contributed by atoms with Gasteiger partial charge in [0.1, 0.15) is 17.7 Å². The Balaban J connectivity index is 2.43. The fourth-order valence-electron chi connectivity index (χ4n) is 1.77. The van der Waals surface area contributed by atoms with E-state index in [0.29, 0.717) is 23.4 Å². The molecule has 1 aromatic carbocycles. The van der Waals surface area contributed by atoms with Crippen LogP contribution in [0.1, 0.15) is 5.56 Å². The lowest BCUT2D eigenvalue weighted by Crippen LogP contribution is -2.02. The van der Waals surface area contributed by atoms with Gasteiger partial charge in [-0.1, -0.05) is 0 Å². The number of ether oxygens (including phenoxy) is 1. The van der Waals surface area contributed by atoms with Crippen molar-refractivity contribution in [2.45, 2.75) is 6.61 Å². The summed E-state index contributed by atoms with van der Waals surface area (Å²) in [6.45, 7) is 0.292. The molecule has 0 fully saturated rings. The second-order valence-corrected chi connectivity index (χ2v) is 4.03. The summed E-state index contributed by atoms with van der Waals surface area (Å²) >= 11 is 0. The van der Waals surface area contributed by atoms with Crippen LogP contribution in [0.15, 0.2) is 38.6 Å². The predicted molar refractivity (Wildman–Crippen MR) is 75.5 cm³/mol. The van der Waals surface area contributed by atoms with Crippen LogP contribution in [-0.4, -0.2) is 12.8 Å². The van der Waals surface area contributed by atoms with Crippen molar-refractivity contribution in [1.82, 2.24) is 0 Å². The van der Waals surface area contributed by atoms with Gasteiger partial charge in [0.05, 0.1) is 12.3 Å². The molecule has 2 aromatic rings. The van der Waals surface area contributed by atoms with Gasteiger partial charge in [-0.3, -0.25) is 5.43 Å². The molecule has 2 rings (SSSR count). The van der Waals surface area contributed by atoms with E-state index >= 15 is 0 Å². The average Bonchev–Trinajstić information content (AvgIpc) is 2.48. The monoisotopic (exact) mass is 282 g/mol. The molecule has 104 valence electrons. The van der Waals surface area contributed by atoms with Gasteiger partial charge >= 0.3 is 5.63 Å². The molecule has 7 nitrogen and oxygen atoms in total. The first kappa shape index (κ1) is 14.3. The van der Waals surface area contributed by atoms with E-state index in [9.17, 15) is 4.79 Å². The lowest BCUT2D eigenvalue weighted by molar-refractivity contribution is 0.185. The Morgan fingerprint density at radius 3 is 2.81 bits per heavy atom. The summed E-state index contributed by atoms with van der Waals surface area (Å²) in [5, 5.41) is 21.5. The van der Waals surface area contributed by atoms with Crippen LogP contribution in [0, 0.1) is 22.7 Å². The number of nitrogens with zero attached hydrogens (tertiary/aromatic N) is 3. The number of benzene rings is 1. The van der Waals surface area contributed by atoms with Gasteiger partial charge in [0.25, 0.3) is 0 Å². The maximum atomic E-state index is 11.5. The Labute approximate surface area is 119 Å². The molecular weight excluding hydrogens is 272 g/mol. The minimum Gasteiger partial charge on any atom is -0.423 e. The van der Waals surface area contributed by atoms with Gasteiger partial charge in [0, 0.05) is 24.6 Å². The molecule has 21 heavy (non-hydrogen) atoms. The standard InChI is InChI=1S/C14H10N4O3/c1-20-8-9-4-14(19)21-13-5-10(2-3-12(9)13)17-18-11(6-15)7-16/h2-5,17H,8H2,1H3. The van der Waals surface area contributed by atoms with Gasteiger partial charge in [-0.25, -0.2) is 4.79 Å². The summed E-state index contributed by atoms with van der Waals surface area (Å²) in [6, 6.07) is 9.63. The summed E-state index contributed by atoms with van der Waals surface area (Å²) in [5.41, 5.74) is 3.35. The van der Waals surface area contributed by atoms with Crippen molar-refractivity contribution in [3.05, 3.63) is 40.2 Å². The zero-order chi connectivity index (χ0) is 15.2. The fourth-order valence-corrected chi connectivity index (χ4v) is 1.77. The maximum absolute atomic E-state index is 11.5. The Morgan fingerprint density at radius 2 is 2.14 bits per heavy atom. The molecule has 0 spiro atoms. The highest BCUT2D eigenvalue weighted by molar-refractivity contribution is 6.10. The number of hydrogen-bond donors (Lipinski definition) is 1. The molecule has 0 radical (unpaired) electrons. The zero-order valence-electron chi connectivity index (χ0n) is 11.1. The van der Waals surface area contributed by atoms with Crippen molar-refractivity contribution < 1.29 is 9.15 Å². The van der Waals surface area contributed by atoms with E-state index in [0.717, 1.165) is 5.39 Å². The minimum absolute atomic E-state index is 0.292. The lowest BCUT2D eigenvalue weighted by Gasteiger charge is -2.06. The molecule has 0 aliphatic rings. The van der Waals surface area contributed by atoms with Crippen LogP contribution in [0.3, 0.4) is 0 Å². The number of fused-ring (bicyclic) bond motifs is 1. The summed E-state index contributed by atoms with van der Waals surface area (Å²) in [7, 11) is 1.54. The Bertz CT molecular complexity index is 824. The number of hydrogen-bond acceptors (Lipinski definition) is 7. The van der Waals surface area contributed by atoms with Gasteiger partial charge in [0.2, 0.25) is 5.71 Å². The Kier molecular flexibility index (Phi) is 4.30. The highest BCUT2D eigenvalue weighted by Crippen LogP contribution is 2.21. The molecule has 0 aliphatic heterocycles. The quantitative estimate of drug-likeness (QED) is 0.519. The number of nitriles is 2. The highest BCUT2D eigenvalue weighted by atomic mass is 16.5. The van der Waals surface area contributed by atoms with Crippen LogP contribution in [0.2, 0.25) is 0 Å². The van der Waals surface area contributed by atoms with E-state index in [-0.39, 0.29) is 5.71 Å². The van der Waals surface area contributed by atoms with Gasteiger partial charge in [0.15, 0.2) is 0 Å². The molecule has 0 amide bonds. The highest BCUT2D eigenvalue weighted by Gasteiger charge is 2.06. The van der Waals surface area contributed by atoms with E-state index < -0.39 is 5.63 Å². The smallest absolute Gasteiger partial charge is 0.336 e. The van der Waals surface area contributed by atoms with Crippen molar-refractivity contribution in [2.24, 2.45) is 5.10 Å². The lowest BCUT2D eigenvalue weighted by atomic mass is 10.1. The van der Waals surface area contributed by atoms with Crippen molar-refractivity contribution in [1.29, 1.82) is 10.5 Å². The second kappa shape index (κ2) is 6.33. The largest absolute Gasteiger partial charge is 0.423 e. The molecule has 0 atom stereocenters. The average molecular weight is 282 g/mol. The zero-order valence-corrected chi connectivity index (χ0v) is 11.1. The van der Waals surface area contributed by atoms with Crippen LogP contribution in [-0.2, 0) is 11.3 Å². The van der Waals surface area contributed by atoms with Crippen molar-refractivity contribution in [2.75, 3.05) is 12.5 Å². The Morgan fingerprint density at radius 1 is 1.38 bits per heavy atom. The van der Waals surface area contributed by atoms with Crippen LogP contribution < -0.4 is 11.1 Å². The first-order valence-corrected chi connectivity index (χ1v) is 5.87. The molecule has 1 heterocycles. The number of rotatable bonds is 4. The topological polar surface area (TPSA) is 111 Å². The molecule has 0 saturated carbocycles. The number of nitrogens with one attached hydrogen (secondary N) is 1. The first-order valence-electron chi connectivity index (χ1n) is 5.87. The molecule has 0 unspecified atom stereocenters. The Hall–Kier alpha value is -3.16. The molecular formula is C14H10N4O3. The summed E-state index contributed by atoms with van der Waals surface area (Å²) in [5.74, 6) is 0. The molecule has 0 saturated heterocycles. The SMILES string of the molecule is COCc1cc(=O)oc2cc(NN=C(C#N)C#N)ccc12. The predicted octanol–water partition coefficient (Wildman–Crippen LogP) is 1.75. The van der Waals surface area contributed by atoms with E-state index in [1.165, 1.54) is 13.2 Å². The number of methoxy groups -OCH3 is 1. The number of hydrazone groups is 1. The third-order valence-electron chi connectivity index (χ3n) is 2.64. The summed E-state index contributed by atoms with van der Waals surface area (Å²) in [6.07, 6.45) is 0. The van der Waals surface area contributed by atoms with Gasteiger partial charge in [-0.05, 0) is 17.7 Å². The van der Waals surface area contributed by atoms with E-state index in [1.54, 1.807) is 30.3 Å².